The van der Waals surface area contributed by atoms with E-state index >= 15 is 0 Å². The maximum absolute atomic E-state index is 12.3. The standard InChI is InChI=1S/C11H14ClNO2S/c12-8-9-13(10-6-7-10)16(14,15)11-4-2-1-3-5-11/h1-5,10H,6-9H2. The molecule has 0 bridgehead atoms. The predicted octanol–water partition coefficient (Wildman–Crippen LogP) is 2.08. The lowest BCUT2D eigenvalue weighted by molar-refractivity contribution is 0.422. The Labute approximate surface area is 101 Å². The van der Waals surface area contributed by atoms with E-state index in [0.29, 0.717) is 17.3 Å². The summed E-state index contributed by atoms with van der Waals surface area (Å²) in [5.74, 6) is 0.336. The van der Waals surface area contributed by atoms with Gasteiger partial charge in [0.2, 0.25) is 10.0 Å². The molecule has 3 nitrogen and oxygen atoms in total. The zero-order chi connectivity index (χ0) is 11.6. The highest BCUT2D eigenvalue weighted by Gasteiger charge is 2.37. The number of rotatable bonds is 5. The van der Waals surface area contributed by atoms with Crippen LogP contribution >= 0.6 is 11.6 Å². The Kier molecular flexibility index (Phi) is 3.52. The van der Waals surface area contributed by atoms with E-state index in [4.69, 9.17) is 11.6 Å². The molecule has 0 atom stereocenters. The Morgan fingerprint density at radius 2 is 1.88 bits per heavy atom. The van der Waals surface area contributed by atoms with Crippen molar-refractivity contribution in [1.29, 1.82) is 0 Å². The third-order valence-corrected chi connectivity index (χ3v) is 4.74. The summed E-state index contributed by atoms with van der Waals surface area (Å²) >= 11 is 5.66. The van der Waals surface area contributed by atoms with Crippen LogP contribution < -0.4 is 0 Å². The summed E-state index contributed by atoms with van der Waals surface area (Å²) in [5, 5.41) is 0. The van der Waals surface area contributed by atoms with Gasteiger partial charge in [-0.1, -0.05) is 18.2 Å². The van der Waals surface area contributed by atoms with E-state index in [2.05, 4.69) is 0 Å². The van der Waals surface area contributed by atoms with Crippen LogP contribution in [0.5, 0.6) is 0 Å². The number of hydrogen-bond donors (Lipinski definition) is 0. The van der Waals surface area contributed by atoms with Crippen LogP contribution in [0.1, 0.15) is 12.8 Å². The van der Waals surface area contributed by atoms with Crippen LogP contribution in [0, 0.1) is 0 Å². The quantitative estimate of drug-likeness (QED) is 0.760. The fourth-order valence-electron chi connectivity index (χ4n) is 1.67. The van der Waals surface area contributed by atoms with Gasteiger partial charge in [-0.05, 0) is 25.0 Å². The molecular formula is C11H14ClNO2S. The third-order valence-electron chi connectivity index (χ3n) is 2.61. The van der Waals surface area contributed by atoms with E-state index in [0.717, 1.165) is 12.8 Å². The zero-order valence-corrected chi connectivity index (χ0v) is 10.4. The van der Waals surface area contributed by atoms with Gasteiger partial charge in [0, 0.05) is 18.5 Å². The highest BCUT2D eigenvalue weighted by Crippen LogP contribution is 2.31. The van der Waals surface area contributed by atoms with Crippen molar-refractivity contribution in [3.8, 4) is 0 Å². The number of hydrogen-bond acceptors (Lipinski definition) is 2. The molecule has 1 fully saturated rings. The van der Waals surface area contributed by atoms with Crippen molar-refractivity contribution in [2.75, 3.05) is 12.4 Å². The summed E-state index contributed by atoms with van der Waals surface area (Å²) in [4.78, 5) is 0.354. The lowest BCUT2D eigenvalue weighted by atomic mass is 10.4. The van der Waals surface area contributed by atoms with E-state index in [1.54, 1.807) is 24.3 Å². The molecule has 16 heavy (non-hydrogen) atoms. The second-order valence-electron chi connectivity index (χ2n) is 3.85. The van der Waals surface area contributed by atoms with E-state index in [1.165, 1.54) is 4.31 Å². The minimum absolute atomic E-state index is 0.156. The smallest absolute Gasteiger partial charge is 0.207 e. The van der Waals surface area contributed by atoms with Crippen LogP contribution in [-0.2, 0) is 10.0 Å². The van der Waals surface area contributed by atoms with Crippen LogP contribution in [0.2, 0.25) is 0 Å². The SMILES string of the molecule is O=S(=O)(c1ccccc1)N(CCCl)C1CC1. The maximum Gasteiger partial charge on any atom is 0.243 e. The first-order valence-corrected chi connectivity index (χ1v) is 7.26. The number of alkyl halides is 1. The Balaban J connectivity index is 2.29. The highest BCUT2D eigenvalue weighted by atomic mass is 35.5. The molecule has 0 unspecified atom stereocenters. The summed E-state index contributed by atoms with van der Waals surface area (Å²) in [7, 11) is -3.35. The average molecular weight is 260 g/mol. The second-order valence-corrected chi connectivity index (χ2v) is 6.12. The predicted molar refractivity (Wildman–Crippen MR) is 64.1 cm³/mol. The van der Waals surface area contributed by atoms with Crippen molar-refractivity contribution in [1.82, 2.24) is 4.31 Å². The van der Waals surface area contributed by atoms with Gasteiger partial charge in [-0.15, -0.1) is 11.6 Å². The number of halogens is 1. The molecule has 1 saturated carbocycles. The highest BCUT2D eigenvalue weighted by molar-refractivity contribution is 7.89. The van der Waals surface area contributed by atoms with Gasteiger partial charge < -0.3 is 0 Å². The van der Waals surface area contributed by atoms with Gasteiger partial charge in [-0.25, -0.2) is 8.42 Å². The summed E-state index contributed by atoms with van der Waals surface area (Å²) < 4.78 is 26.1. The third kappa shape index (κ3) is 2.39. The molecule has 0 radical (unpaired) electrons. The molecule has 0 aromatic heterocycles. The first-order valence-electron chi connectivity index (χ1n) is 5.29. The van der Waals surface area contributed by atoms with Crippen molar-refractivity contribution in [3.63, 3.8) is 0 Å². The second kappa shape index (κ2) is 4.73. The molecule has 0 saturated heterocycles. The van der Waals surface area contributed by atoms with Gasteiger partial charge in [-0.2, -0.15) is 4.31 Å². The lowest BCUT2D eigenvalue weighted by Crippen LogP contribution is -2.34. The average Bonchev–Trinajstić information content (AvgIpc) is 3.11. The Hall–Kier alpha value is -0.580. The van der Waals surface area contributed by atoms with E-state index < -0.39 is 10.0 Å². The van der Waals surface area contributed by atoms with Gasteiger partial charge in [-0.3, -0.25) is 0 Å². The molecule has 0 aliphatic heterocycles. The van der Waals surface area contributed by atoms with Crippen molar-refractivity contribution >= 4 is 21.6 Å². The first-order chi connectivity index (χ1) is 7.66. The fourth-order valence-corrected chi connectivity index (χ4v) is 3.66. The van der Waals surface area contributed by atoms with Crippen LogP contribution in [0.4, 0.5) is 0 Å². The van der Waals surface area contributed by atoms with Crippen molar-refractivity contribution in [2.24, 2.45) is 0 Å². The van der Waals surface area contributed by atoms with E-state index in [1.807, 2.05) is 6.07 Å². The molecular weight excluding hydrogens is 246 g/mol. The Morgan fingerprint density at radius 3 is 2.38 bits per heavy atom. The molecule has 88 valence electrons. The minimum atomic E-state index is -3.35. The van der Waals surface area contributed by atoms with Crippen molar-refractivity contribution in [2.45, 2.75) is 23.8 Å². The summed E-state index contributed by atoms with van der Waals surface area (Å²) in [6.07, 6.45) is 1.89. The van der Waals surface area contributed by atoms with Crippen molar-refractivity contribution in [3.05, 3.63) is 30.3 Å². The Bertz CT molecular complexity index is 442. The fraction of sp³-hybridized carbons (Fsp3) is 0.455. The molecule has 1 aliphatic carbocycles. The molecule has 2 rings (SSSR count). The molecule has 0 amide bonds. The number of nitrogens with zero attached hydrogens (tertiary/aromatic N) is 1. The van der Waals surface area contributed by atoms with Gasteiger partial charge >= 0.3 is 0 Å². The maximum atomic E-state index is 12.3. The van der Waals surface area contributed by atoms with Crippen molar-refractivity contribution < 1.29 is 8.42 Å². The molecule has 1 aliphatic rings. The zero-order valence-electron chi connectivity index (χ0n) is 8.84. The van der Waals surface area contributed by atoms with Gasteiger partial charge in [0.15, 0.2) is 0 Å². The lowest BCUT2D eigenvalue weighted by Gasteiger charge is -2.20. The molecule has 1 aromatic carbocycles. The first kappa shape index (κ1) is 11.9. The molecule has 1 aromatic rings. The summed E-state index contributed by atoms with van der Waals surface area (Å²) in [6, 6.07) is 8.68. The normalized spacial score (nSPS) is 16.6. The van der Waals surface area contributed by atoms with Gasteiger partial charge in [0.25, 0.3) is 0 Å². The summed E-state index contributed by atoms with van der Waals surface area (Å²) in [5.41, 5.74) is 0. The van der Waals surface area contributed by atoms with Crippen LogP contribution in [0.3, 0.4) is 0 Å². The minimum Gasteiger partial charge on any atom is -0.207 e. The summed E-state index contributed by atoms with van der Waals surface area (Å²) in [6.45, 7) is 0.392. The molecule has 0 spiro atoms. The molecule has 5 heteroatoms. The van der Waals surface area contributed by atoms with Crippen LogP contribution in [0.25, 0.3) is 0 Å². The number of sulfonamides is 1. The van der Waals surface area contributed by atoms with Crippen LogP contribution in [0.15, 0.2) is 35.2 Å². The monoisotopic (exact) mass is 259 g/mol. The van der Waals surface area contributed by atoms with Gasteiger partial charge in [0.1, 0.15) is 0 Å². The van der Waals surface area contributed by atoms with Gasteiger partial charge in [0.05, 0.1) is 4.90 Å². The van der Waals surface area contributed by atoms with E-state index in [9.17, 15) is 8.42 Å². The largest absolute Gasteiger partial charge is 0.243 e. The molecule has 0 heterocycles. The Morgan fingerprint density at radius 1 is 1.25 bits per heavy atom. The van der Waals surface area contributed by atoms with Crippen LogP contribution in [-0.4, -0.2) is 31.2 Å². The number of benzene rings is 1. The van der Waals surface area contributed by atoms with E-state index in [-0.39, 0.29) is 6.04 Å². The molecule has 0 N–H and O–H groups in total. The topological polar surface area (TPSA) is 37.4 Å².